The van der Waals surface area contributed by atoms with Crippen LogP contribution in [0.1, 0.15) is 18.4 Å². The number of carbonyl (C=O) groups excluding carboxylic acids is 1. The molecule has 0 radical (unpaired) electrons. The summed E-state index contributed by atoms with van der Waals surface area (Å²) in [5.41, 5.74) is 0.326. The lowest BCUT2D eigenvalue weighted by molar-refractivity contribution is -0.135. The number of rotatable bonds is 4. The predicted octanol–water partition coefficient (Wildman–Crippen LogP) is 1.39. The molecule has 1 saturated heterocycles. The van der Waals surface area contributed by atoms with Crippen LogP contribution in [0.5, 0.6) is 0 Å². The number of halogens is 2. The maximum atomic E-state index is 13.6. The van der Waals surface area contributed by atoms with Crippen LogP contribution in [-0.2, 0) is 11.2 Å². The zero-order valence-corrected chi connectivity index (χ0v) is 13.8. The normalized spacial score (nSPS) is 19.0. The van der Waals surface area contributed by atoms with E-state index in [0.717, 1.165) is 31.5 Å². The molecular weight excluding hydrogens is 314 g/mol. The molecule has 1 aliphatic heterocycles. The van der Waals surface area contributed by atoms with Gasteiger partial charge in [-0.3, -0.25) is 9.79 Å². The quantitative estimate of drug-likeness (QED) is 0.668. The van der Waals surface area contributed by atoms with E-state index in [9.17, 15) is 13.6 Å². The zero-order chi connectivity index (χ0) is 17.1. The number of nitrogens with zero attached hydrogens (tertiary/aromatic N) is 3. The summed E-state index contributed by atoms with van der Waals surface area (Å²) in [7, 11) is 1.66. The van der Waals surface area contributed by atoms with E-state index in [1.807, 2.05) is 9.80 Å². The molecule has 0 bridgehead atoms. The molecule has 5 nitrogen and oxygen atoms in total. The molecule has 1 heterocycles. The fourth-order valence-electron chi connectivity index (χ4n) is 3.02. The first-order chi connectivity index (χ1) is 11.6. The number of benzene rings is 1. The lowest BCUT2D eigenvalue weighted by atomic mass is 10.1. The highest BCUT2D eigenvalue weighted by Gasteiger charge is 2.36. The van der Waals surface area contributed by atoms with Gasteiger partial charge < -0.3 is 15.1 Å². The highest BCUT2D eigenvalue weighted by atomic mass is 19.1. The van der Waals surface area contributed by atoms with Crippen LogP contribution in [0.15, 0.2) is 23.2 Å². The number of amides is 1. The Balaban J connectivity index is 1.52. The summed E-state index contributed by atoms with van der Waals surface area (Å²) in [6.45, 7) is 2.17. The highest BCUT2D eigenvalue weighted by Crippen LogP contribution is 2.28. The van der Waals surface area contributed by atoms with Crippen molar-refractivity contribution in [1.82, 2.24) is 15.1 Å². The van der Waals surface area contributed by atoms with E-state index >= 15 is 0 Å². The van der Waals surface area contributed by atoms with Crippen LogP contribution in [0.4, 0.5) is 8.78 Å². The topological polar surface area (TPSA) is 47.9 Å². The van der Waals surface area contributed by atoms with Crippen molar-refractivity contribution < 1.29 is 13.6 Å². The van der Waals surface area contributed by atoms with Gasteiger partial charge in [0, 0.05) is 32.7 Å². The molecule has 1 aromatic rings. The first kappa shape index (κ1) is 16.7. The molecule has 1 amide bonds. The Morgan fingerprint density at radius 3 is 2.79 bits per heavy atom. The third kappa shape index (κ3) is 3.83. The van der Waals surface area contributed by atoms with Crippen molar-refractivity contribution in [2.24, 2.45) is 4.99 Å². The molecule has 0 aromatic heterocycles. The van der Waals surface area contributed by atoms with Gasteiger partial charge in [0.05, 0.1) is 6.54 Å². The van der Waals surface area contributed by atoms with Gasteiger partial charge >= 0.3 is 0 Å². The molecule has 2 fully saturated rings. The summed E-state index contributed by atoms with van der Waals surface area (Å²) < 4.78 is 26.8. The third-order valence-corrected chi connectivity index (χ3v) is 4.44. The SMILES string of the molecule is CN=C(NCCc1cc(F)ccc1F)N1CCN(C2CC2)C(=O)C1. The molecule has 2 aliphatic rings. The fourth-order valence-corrected chi connectivity index (χ4v) is 3.02. The Bertz CT molecular complexity index is 645. The summed E-state index contributed by atoms with van der Waals surface area (Å²) in [6, 6.07) is 3.88. The summed E-state index contributed by atoms with van der Waals surface area (Å²) >= 11 is 0. The van der Waals surface area contributed by atoms with Crippen molar-refractivity contribution >= 4 is 11.9 Å². The van der Waals surface area contributed by atoms with Gasteiger partial charge in [0.25, 0.3) is 0 Å². The van der Waals surface area contributed by atoms with Gasteiger partial charge in [-0.2, -0.15) is 0 Å². The van der Waals surface area contributed by atoms with E-state index in [2.05, 4.69) is 10.3 Å². The Kier molecular flexibility index (Phi) is 4.97. The first-order valence-electron chi connectivity index (χ1n) is 8.27. The number of piperazine rings is 1. The number of nitrogens with one attached hydrogen (secondary N) is 1. The first-order valence-corrected chi connectivity index (χ1v) is 8.27. The fraction of sp³-hybridized carbons (Fsp3) is 0.529. The number of aliphatic imine (C=N–C) groups is 1. The Morgan fingerprint density at radius 1 is 1.33 bits per heavy atom. The molecule has 130 valence electrons. The largest absolute Gasteiger partial charge is 0.356 e. The molecule has 0 unspecified atom stereocenters. The Morgan fingerprint density at radius 2 is 2.12 bits per heavy atom. The van der Waals surface area contributed by atoms with E-state index in [-0.39, 0.29) is 5.91 Å². The lowest BCUT2D eigenvalue weighted by Crippen LogP contribution is -2.55. The van der Waals surface area contributed by atoms with Gasteiger partial charge in [-0.15, -0.1) is 0 Å². The molecule has 1 aromatic carbocycles. The van der Waals surface area contributed by atoms with Crippen molar-refractivity contribution in [3.63, 3.8) is 0 Å². The van der Waals surface area contributed by atoms with Crippen LogP contribution in [0.3, 0.4) is 0 Å². The second-order valence-corrected chi connectivity index (χ2v) is 6.20. The van der Waals surface area contributed by atoms with E-state index in [1.165, 1.54) is 6.07 Å². The average Bonchev–Trinajstić information content (AvgIpc) is 3.39. The molecular formula is C17H22F2N4O. The maximum absolute atomic E-state index is 13.6. The van der Waals surface area contributed by atoms with Crippen molar-refractivity contribution in [3.05, 3.63) is 35.4 Å². The van der Waals surface area contributed by atoms with Crippen molar-refractivity contribution in [3.8, 4) is 0 Å². The average molecular weight is 336 g/mol. The second kappa shape index (κ2) is 7.15. The van der Waals surface area contributed by atoms with Crippen LogP contribution in [0.25, 0.3) is 0 Å². The highest BCUT2D eigenvalue weighted by molar-refractivity contribution is 5.87. The third-order valence-electron chi connectivity index (χ3n) is 4.44. The van der Waals surface area contributed by atoms with Gasteiger partial charge in [-0.25, -0.2) is 8.78 Å². The van der Waals surface area contributed by atoms with Crippen molar-refractivity contribution in [1.29, 1.82) is 0 Å². The van der Waals surface area contributed by atoms with Gasteiger partial charge in [0.1, 0.15) is 11.6 Å². The summed E-state index contributed by atoms with van der Waals surface area (Å²) in [4.78, 5) is 20.2. The second-order valence-electron chi connectivity index (χ2n) is 6.20. The zero-order valence-electron chi connectivity index (χ0n) is 13.8. The van der Waals surface area contributed by atoms with Gasteiger partial charge in [0.2, 0.25) is 5.91 Å². The minimum atomic E-state index is -0.447. The standard InChI is InChI=1S/C17H22F2N4O/c1-20-17(21-7-6-12-10-13(18)2-5-15(12)19)22-8-9-23(14-3-4-14)16(24)11-22/h2,5,10,14H,3-4,6-9,11H2,1H3,(H,20,21). The van der Waals surface area contributed by atoms with Crippen LogP contribution < -0.4 is 5.32 Å². The molecule has 1 saturated carbocycles. The van der Waals surface area contributed by atoms with E-state index in [4.69, 9.17) is 0 Å². The Hall–Kier alpha value is -2.18. The molecule has 7 heteroatoms. The Labute approximate surface area is 140 Å². The van der Waals surface area contributed by atoms with Crippen molar-refractivity contribution in [2.75, 3.05) is 33.2 Å². The molecule has 24 heavy (non-hydrogen) atoms. The minimum Gasteiger partial charge on any atom is -0.356 e. The minimum absolute atomic E-state index is 0.128. The van der Waals surface area contributed by atoms with Crippen LogP contribution >= 0.6 is 0 Å². The summed E-state index contributed by atoms with van der Waals surface area (Å²) in [5, 5.41) is 3.13. The monoisotopic (exact) mass is 336 g/mol. The van der Waals surface area contributed by atoms with Crippen LogP contribution in [0, 0.1) is 11.6 Å². The summed E-state index contributed by atoms with van der Waals surface area (Å²) in [5.74, 6) is -0.113. The van der Waals surface area contributed by atoms with Crippen LogP contribution in [-0.4, -0.2) is 60.9 Å². The van der Waals surface area contributed by atoms with E-state index in [0.29, 0.717) is 43.6 Å². The molecule has 1 aliphatic carbocycles. The van der Waals surface area contributed by atoms with Gasteiger partial charge in [-0.1, -0.05) is 0 Å². The molecule has 3 rings (SSSR count). The predicted molar refractivity (Wildman–Crippen MR) is 87.7 cm³/mol. The maximum Gasteiger partial charge on any atom is 0.242 e. The van der Waals surface area contributed by atoms with Gasteiger partial charge in [-0.05, 0) is 43.0 Å². The number of hydrogen-bond acceptors (Lipinski definition) is 2. The molecule has 0 spiro atoms. The number of hydrogen-bond donors (Lipinski definition) is 1. The van der Waals surface area contributed by atoms with Crippen LogP contribution in [0.2, 0.25) is 0 Å². The number of carbonyl (C=O) groups is 1. The smallest absolute Gasteiger partial charge is 0.242 e. The lowest BCUT2D eigenvalue weighted by Gasteiger charge is -2.36. The van der Waals surface area contributed by atoms with Gasteiger partial charge in [0.15, 0.2) is 5.96 Å². The van der Waals surface area contributed by atoms with E-state index in [1.54, 1.807) is 7.05 Å². The van der Waals surface area contributed by atoms with Crippen molar-refractivity contribution in [2.45, 2.75) is 25.3 Å². The molecule has 0 atom stereocenters. The summed E-state index contributed by atoms with van der Waals surface area (Å²) in [6.07, 6.45) is 2.56. The molecule has 1 N–H and O–H groups in total. The van der Waals surface area contributed by atoms with E-state index < -0.39 is 11.6 Å². The number of guanidine groups is 1.